The van der Waals surface area contributed by atoms with Crippen molar-refractivity contribution in [1.29, 1.82) is 0 Å². The van der Waals surface area contributed by atoms with Crippen LogP contribution >= 0.6 is 35.6 Å². The highest BCUT2D eigenvalue weighted by atomic mass is 35.5. The van der Waals surface area contributed by atoms with E-state index in [0.29, 0.717) is 22.2 Å². The summed E-state index contributed by atoms with van der Waals surface area (Å²) in [5.74, 6) is 0.00949. The van der Waals surface area contributed by atoms with Crippen molar-refractivity contribution in [2.24, 2.45) is 0 Å². The molecular formula is C12H17Cl3N2O. The van der Waals surface area contributed by atoms with E-state index in [9.17, 15) is 4.79 Å². The van der Waals surface area contributed by atoms with Gasteiger partial charge in [0.2, 0.25) is 5.91 Å². The number of hydrogen-bond donors (Lipinski definition) is 1. The number of rotatable bonds is 5. The Hall–Kier alpha value is -0.480. The molecule has 0 radical (unpaired) electrons. The van der Waals surface area contributed by atoms with Gasteiger partial charge in [-0.25, -0.2) is 0 Å². The first kappa shape index (κ1) is 17.5. The highest BCUT2D eigenvalue weighted by Crippen LogP contribution is 2.24. The molecule has 1 aromatic carbocycles. The van der Waals surface area contributed by atoms with Crippen molar-refractivity contribution >= 4 is 41.5 Å². The molecule has 1 rings (SSSR count). The number of benzene rings is 1. The van der Waals surface area contributed by atoms with Crippen LogP contribution in [0.2, 0.25) is 10.0 Å². The molecule has 0 spiro atoms. The Morgan fingerprint density at radius 3 is 2.39 bits per heavy atom. The monoisotopic (exact) mass is 310 g/mol. The van der Waals surface area contributed by atoms with Gasteiger partial charge in [-0.3, -0.25) is 4.79 Å². The van der Waals surface area contributed by atoms with Crippen LogP contribution in [-0.2, 0) is 11.2 Å². The minimum atomic E-state index is 0. The number of nitrogens with one attached hydrogen (secondary N) is 1. The quantitative estimate of drug-likeness (QED) is 0.906. The van der Waals surface area contributed by atoms with Crippen LogP contribution < -0.4 is 5.32 Å². The van der Waals surface area contributed by atoms with Crippen LogP contribution in [0.4, 0.5) is 0 Å². The zero-order chi connectivity index (χ0) is 12.8. The van der Waals surface area contributed by atoms with Gasteiger partial charge >= 0.3 is 0 Å². The molecule has 0 saturated heterocycles. The van der Waals surface area contributed by atoms with E-state index < -0.39 is 0 Å². The van der Waals surface area contributed by atoms with Crippen LogP contribution in [0.15, 0.2) is 18.2 Å². The van der Waals surface area contributed by atoms with Gasteiger partial charge in [-0.2, -0.15) is 0 Å². The molecule has 0 aliphatic heterocycles. The molecule has 0 aliphatic carbocycles. The van der Waals surface area contributed by atoms with Crippen LogP contribution in [0.25, 0.3) is 0 Å². The molecule has 0 atom stereocenters. The summed E-state index contributed by atoms with van der Waals surface area (Å²) in [6.07, 6.45) is 0.235. The number of amides is 1. The van der Waals surface area contributed by atoms with E-state index in [0.717, 1.165) is 6.54 Å². The second-order valence-corrected chi connectivity index (χ2v) is 4.61. The molecule has 0 fully saturated rings. The normalized spacial score (nSPS) is 9.78. The average molecular weight is 312 g/mol. The Morgan fingerprint density at radius 1 is 1.33 bits per heavy atom. The molecule has 0 saturated carbocycles. The molecule has 0 aliphatic rings. The maximum Gasteiger partial charge on any atom is 0.226 e. The second kappa shape index (κ2) is 8.59. The minimum absolute atomic E-state index is 0. The van der Waals surface area contributed by atoms with Gasteiger partial charge in [0.15, 0.2) is 0 Å². The maximum atomic E-state index is 11.9. The molecule has 1 N–H and O–H groups in total. The SMILES string of the molecule is CNCCN(C)C(=O)Cc1c(Cl)cccc1Cl.Cl. The van der Waals surface area contributed by atoms with Crippen LogP contribution in [0.5, 0.6) is 0 Å². The van der Waals surface area contributed by atoms with Gasteiger partial charge in [0, 0.05) is 30.2 Å². The summed E-state index contributed by atoms with van der Waals surface area (Å²) in [5.41, 5.74) is 0.692. The molecular weight excluding hydrogens is 295 g/mol. The number of likely N-dealkylation sites (N-methyl/N-ethyl adjacent to an activating group) is 2. The van der Waals surface area contributed by atoms with Crippen molar-refractivity contribution in [3.8, 4) is 0 Å². The first-order chi connectivity index (χ1) is 8.06. The standard InChI is InChI=1S/C12H16Cl2N2O.ClH/c1-15-6-7-16(2)12(17)8-9-10(13)4-3-5-11(9)14;/h3-5,15H,6-8H2,1-2H3;1H. The molecule has 6 heteroatoms. The molecule has 3 nitrogen and oxygen atoms in total. The van der Waals surface area contributed by atoms with E-state index in [-0.39, 0.29) is 24.7 Å². The van der Waals surface area contributed by atoms with Crippen LogP contribution in [0, 0.1) is 0 Å². The van der Waals surface area contributed by atoms with Crippen LogP contribution in [0.3, 0.4) is 0 Å². The predicted octanol–water partition coefficient (Wildman–Crippen LogP) is 2.64. The van der Waals surface area contributed by atoms with Gasteiger partial charge < -0.3 is 10.2 Å². The second-order valence-electron chi connectivity index (χ2n) is 3.80. The van der Waals surface area contributed by atoms with Gasteiger partial charge in [0.25, 0.3) is 0 Å². The molecule has 18 heavy (non-hydrogen) atoms. The lowest BCUT2D eigenvalue weighted by Gasteiger charge is -2.17. The third-order valence-corrected chi connectivity index (χ3v) is 3.22. The number of carbonyl (C=O) groups is 1. The van der Waals surface area contributed by atoms with Gasteiger partial charge in [0.1, 0.15) is 0 Å². The summed E-state index contributed by atoms with van der Waals surface area (Å²) >= 11 is 12.0. The summed E-state index contributed by atoms with van der Waals surface area (Å²) in [4.78, 5) is 13.6. The van der Waals surface area contributed by atoms with Gasteiger partial charge in [-0.15, -0.1) is 12.4 Å². The van der Waals surface area contributed by atoms with Crippen molar-refractivity contribution in [1.82, 2.24) is 10.2 Å². The zero-order valence-electron chi connectivity index (χ0n) is 10.4. The lowest BCUT2D eigenvalue weighted by molar-refractivity contribution is -0.129. The van der Waals surface area contributed by atoms with E-state index in [1.807, 2.05) is 7.05 Å². The fraction of sp³-hybridized carbons (Fsp3) is 0.417. The summed E-state index contributed by atoms with van der Waals surface area (Å²) in [7, 11) is 3.62. The lowest BCUT2D eigenvalue weighted by atomic mass is 10.1. The molecule has 0 aromatic heterocycles. The first-order valence-corrected chi connectivity index (χ1v) is 6.13. The minimum Gasteiger partial charge on any atom is -0.344 e. The van der Waals surface area contributed by atoms with Crippen LogP contribution in [0.1, 0.15) is 5.56 Å². The van der Waals surface area contributed by atoms with E-state index in [2.05, 4.69) is 5.32 Å². The lowest BCUT2D eigenvalue weighted by Crippen LogP contribution is -2.33. The number of carbonyl (C=O) groups excluding carboxylic acids is 1. The van der Waals surface area contributed by atoms with Crippen molar-refractivity contribution in [3.05, 3.63) is 33.8 Å². The average Bonchev–Trinajstić information content (AvgIpc) is 2.30. The summed E-state index contributed by atoms with van der Waals surface area (Å²) in [6.45, 7) is 1.43. The zero-order valence-corrected chi connectivity index (χ0v) is 12.7. The fourth-order valence-corrected chi connectivity index (χ4v) is 1.92. The van der Waals surface area contributed by atoms with Gasteiger partial charge in [0.05, 0.1) is 6.42 Å². The summed E-state index contributed by atoms with van der Waals surface area (Å²) in [5, 5.41) is 4.06. The third-order valence-electron chi connectivity index (χ3n) is 2.51. The first-order valence-electron chi connectivity index (χ1n) is 5.37. The maximum absolute atomic E-state index is 11.9. The number of nitrogens with zero attached hydrogens (tertiary/aromatic N) is 1. The smallest absolute Gasteiger partial charge is 0.226 e. The van der Waals surface area contributed by atoms with Gasteiger partial charge in [-0.05, 0) is 24.7 Å². The topological polar surface area (TPSA) is 32.3 Å². The Balaban J connectivity index is 0.00000289. The van der Waals surface area contributed by atoms with Crippen molar-refractivity contribution in [3.63, 3.8) is 0 Å². The van der Waals surface area contributed by atoms with Crippen molar-refractivity contribution < 1.29 is 4.79 Å². The molecule has 102 valence electrons. The summed E-state index contributed by atoms with van der Waals surface area (Å²) < 4.78 is 0. The van der Waals surface area contributed by atoms with Crippen molar-refractivity contribution in [2.75, 3.05) is 27.2 Å². The Kier molecular flexibility index (Phi) is 8.36. The van der Waals surface area contributed by atoms with E-state index in [1.54, 1.807) is 30.1 Å². The molecule has 0 unspecified atom stereocenters. The van der Waals surface area contributed by atoms with Gasteiger partial charge in [-0.1, -0.05) is 29.3 Å². The van der Waals surface area contributed by atoms with Crippen molar-refractivity contribution in [2.45, 2.75) is 6.42 Å². The summed E-state index contributed by atoms with van der Waals surface area (Å²) in [6, 6.07) is 5.25. The van der Waals surface area contributed by atoms with E-state index in [4.69, 9.17) is 23.2 Å². The Labute approximate surface area is 124 Å². The fourth-order valence-electron chi connectivity index (χ4n) is 1.39. The third kappa shape index (κ3) is 5.02. The molecule has 0 heterocycles. The van der Waals surface area contributed by atoms with Crippen LogP contribution in [-0.4, -0.2) is 38.0 Å². The molecule has 0 bridgehead atoms. The molecule has 1 amide bonds. The molecule has 1 aromatic rings. The Bertz CT molecular complexity index is 379. The predicted molar refractivity (Wildman–Crippen MR) is 79.0 cm³/mol. The largest absolute Gasteiger partial charge is 0.344 e. The Morgan fingerprint density at radius 2 is 1.89 bits per heavy atom. The highest BCUT2D eigenvalue weighted by molar-refractivity contribution is 6.36. The highest BCUT2D eigenvalue weighted by Gasteiger charge is 2.13. The number of hydrogen-bond acceptors (Lipinski definition) is 2. The number of halogens is 3. The van der Waals surface area contributed by atoms with E-state index >= 15 is 0 Å². The van der Waals surface area contributed by atoms with E-state index in [1.165, 1.54) is 0 Å².